The van der Waals surface area contributed by atoms with Crippen molar-refractivity contribution in [1.29, 1.82) is 0 Å². The maximum atomic E-state index is 12.4. The topological polar surface area (TPSA) is 66.5 Å². The van der Waals surface area contributed by atoms with E-state index in [1.807, 2.05) is 0 Å². The lowest BCUT2D eigenvalue weighted by atomic mass is 10.0. The third-order valence-corrected chi connectivity index (χ3v) is 1.94. The van der Waals surface area contributed by atoms with Crippen molar-refractivity contribution in [3.8, 4) is 11.5 Å². The van der Waals surface area contributed by atoms with E-state index >= 15 is 0 Å². The van der Waals surface area contributed by atoms with Gasteiger partial charge in [0.05, 0.1) is 6.67 Å². The minimum absolute atomic E-state index is 0.181. The Kier molecular flexibility index (Phi) is 3.08. The van der Waals surface area contributed by atoms with Gasteiger partial charge in [-0.3, -0.25) is 4.39 Å². The highest BCUT2D eigenvalue weighted by molar-refractivity contribution is 5.41. The molecule has 0 aliphatic carbocycles. The summed E-state index contributed by atoms with van der Waals surface area (Å²) in [5, 5.41) is 18.1. The summed E-state index contributed by atoms with van der Waals surface area (Å²) >= 11 is 0. The minimum Gasteiger partial charge on any atom is -0.504 e. The molecule has 1 aromatic carbocycles. The molecule has 0 saturated heterocycles. The molecule has 0 spiro atoms. The fourth-order valence-electron chi connectivity index (χ4n) is 1.08. The van der Waals surface area contributed by atoms with Crippen LogP contribution in [0.5, 0.6) is 11.5 Å². The Balaban J connectivity index is 2.95. The van der Waals surface area contributed by atoms with Crippen LogP contribution in [0.4, 0.5) is 4.39 Å². The number of benzene rings is 1. The normalized spacial score (nSPS) is 12.8. The molecule has 0 radical (unpaired) electrons. The maximum absolute atomic E-state index is 12.4. The van der Waals surface area contributed by atoms with Gasteiger partial charge in [-0.25, -0.2) is 0 Å². The minimum atomic E-state index is -0.569. The van der Waals surface area contributed by atoms with Crippen molar-refractivity contribution in [3.05, 3.63) is 23.8 Å². The summed E-state index contributed by atoms with van der Waals surface area (Å²) in [5.74, 6) is -0.866. The van der Waals surface area contributed by atoms with E-state index in [0.29, 0.717) is 5.56 Å². The summed E-state index contributed by atoms with van der Waals surface area (Å²) in [7, 11) is 0. The lowest BCUT2D eigenvalue weighted by Gasteiger charge is -2.11. The largest absolute Gasteiger partial charge is 0.504 e. The summed E-state index contributed by atoms with van der Waals surface area (Å²) in [6.45, 7) is -0.387. The Bertz CT molecular complexity index is 287. The van der Waals surface area contributed by atoms with E-state index in [0.717, 1.165) is 0 Å². The van der Waals surface area contributed by atoms with Gasteiger partial charge in [0, 0.05) is 12.5 Å². The van der Waals surface area contributed by atoms with Gasteiger partial charge in [0.1, 0.15) is 0 Å². The van der Waals surface area contributed by atoms with Gasteiger partial charge in [0.15, 0.2) is 11.5 Å². The Morgan fingerprint density at radius 1 is 1.31 bits per heavy atom. The van der Waals surface area contributed by atoms with Crippen molar-refractivity contribution in [2.75, 3.05) is 13.2 Å². The number of nitrogens with two attached hydrogens (primary N) is 1. The van der Waals surface area contributed by atoms with E-state index in [4.69, 9.17) is 15.9 Å². The number of aromatic hydroxyl groups is 2. The van der Waals surface area contributed by atoms with Crippen LogP contribution < -0.4 is 5.73 Å². The Morgan fingerprint density at radius 2 is 2.00 bits per heavy atom. The molecule has 3 nitrogen and oxygen atoms in total. The number of phenols is 2. The fraction of sp³-hybridized carbons (Fsp3) is 0.333. The van der Waals surface area contributed by atoms with Crippen LogP contribution >= 0.6 is 0 Å². The lowest BCUT2D eigenvalue weighted by Crippen LogP contribution is -2.13. The zero-order valence-corrected chi connectivity index (χ0v) is 7.07. The average Bonchev–Trinajstić information content (AvgIpc) is 2.13. The average molecular weight is 185 g/mol. The number of phenolic OH excluding ortho intramolecular Hbond substituents is 2. The van der Waals surface area contributed by atoms with Gasteiger partial charge in [-0.1, -0.05) is 6.07 Å². The zero-order valence-electron chi connectivity index (χ0n) is 7.07. The fourth-order valence-corrected chi connectivity index (χ4v) is 1.08. The van der Waals surface area contributed by atoms with Crippen LogP contribution in [0.2, 0.25) is 0 Å². The van der Waals surface area contributed by atoms with Crippen molar-refractivity contribution in [3.63, 3.8) is 0 Å². The Labute approximate surface area is 75.6 Å². The summed E-state index contributed by atoms with van der Waals surface area (Å²) in [6, 6.07) is 4.20. The van der Waals surface area contributed by atoms with Gasteiger partial charge in [-0.15, -0.1) is 0 Å². The molecule has 0 fully saturated rings. The predicted octanol–water partition coefficient (Wildman–Crippen LogP) is 1.11. The molecule has 0 aliphatic heterocycles. The second kappa shape index (κ2) is 4.09. The monoisotopic (exact) mass is 185 g/mol. The van der Waals surface area contributed by atoms with E-state index < -0.39 is 12.6 Å². The molecule has 0 aromatic heterocycles. The first-order valence-corrected chi connectivity index (χ1v) is 3.97. The highest BCUT2D eigenvalue weighted by Crippen LogP contribution is 2.28. The molecule has 0 amide bonds. The molecule has 0 heterocycles. The second-order valence-corrected chi connectivity index (χ2v) is 2.84. The van der Waals surface area contributed by atoms with Gasteiger partial charge in [0.25, 0.3) is 0 Å². The van der Waals surface area contributed by atoms with Gasteiger partial charge < -0.3 is 15.9 Å². The highest BCUT2D eigenvalue weighted by Gasteiger charge is 2.10. The first-order chi connectivity index (χ1) is 6.19. The molecular weight excluding hydrogens is 173 g/mol. The van der Waals surface area contributed by atoms with Gasteiger partial charge in [-0.05, 0) is 17.7 Å². The molecule has 13 heavy (non-hydrogen) atoms. The maximum Gasteiger partial charge on any atom is 0.157 e. The first-order valence-electron chi connectivity index (χ1n) is 3.97. The van der Waals surface area contributed by atoms with E-state index in [1.54, 1.807) is 6.07 Å². The van der Waals surface area contributed by atoms with Crippen LogP contribution in [-0.2, 0) is 0 Å². The van der Waals surface area contributed by atoms with E-state index in [-0.39, 0.29) is 18.0 Å². The predicted molar refractivity (Wildman–Crippen MR) is 47.5 cm³/mol. The molecule has 4 N–H and O–H groups in total. The molecule has 0 aliphatic rings. The second-order valence-electron chi connectivity index (χ2n) is 2.84. The van der Waals surface area contributed by atoms with Crippen LogP contribution in [0.3, 0.4) is 0 Å². The summed E-state index contributed by atoms with van der Waals surface area (Å²) < 4.78 is 12.4. The lowest BCUT2D eigenvalue weighted by molar-refractivity contribution is 0.399. The van der Waals surface area contributed by atoms with E-state index in [1.165, 1.54) is 12.1 Å². The van der Waals surface area contributed by atoms with Crippen LogP contribution in [0.25, 0.3) is 0 Å². The third-order valence-electron chi connectivity index (χ3n) is 1.94. The van der Waals surface area contributed by atoms with Gasteiger partial charge in [-0.2, -0.15) is 0 Å². The first kappa shape index (κ1) is 9.80. The van der Waals surface area contributed by atoms with Gasteiger partial charge in [0.2, 0.25) is 0 Å². The molecule has 72 valence electrons. The van der Waals surface area contributed by atoms with E-state index in [9.17, 15) is 4.39 Å². The Morgan fingerprint density at radius 3 is 2.46 bits per heavy atom. The van der Waals surface area contributed by atoms with Crippen LogP contribution in [0.1, 0.15) is 11.5 Å². The van der Waals surface area contributed by atoms with Crippen molar-refractivity contribution in [1.82, 2.24) is 0 Å². The molecule has 0 saturated carbocycles. The zero-order chi connectivity index (χ0) is 9.84. The third kappa shape index (κ3) is 2.09. The van der Waals surface area contributed by atoms with Crippen LogP contribution in [0, 0.1) is 0 Å². The van der Waals surface area contributed by atoms with Crippen molar-refractivity contribution in [2.45, 2.75) is 5.92 Å². The van der Waals surface area contributed by atoms with Crippen LogP contribution in [-0.4, -0.2) is 23.4 Å². The Hall–Kier alpha value is -1.29. The standard InChI is InChI=1S/C9H12FNO2/c10-4-7(5-11)6-1-2-8(12)9(13)3-6/h1-3,7,12-13H,4-5,11H2. The SMILES string of the molecule is NCC(CF)c1ccc(O)c(O)c1. The van der Waals surface area contributed by atoms with Gasteiger partial charge >= 0.3 is 0 Å². The highest BCUT2D eigenvalue weighted by atomic mass is 19.1. The molecule has 0 bridgehead atoms. The molecular formula is C9H12FNO2. The van der Waals surface area contributed by atoms with Crippen molar-refractivity contribution < 1.29 is 14.6 Å². The van der Waals surface area contributed by atoms with E-state index in [2.05, 4.69) is 0 Å². The summed E-state index contributed by atoms with van der Waals surface area (Å²) in [6.07, 6.45) is 0. The number of hydrogen-bond donors (Lipinski definition) is 3. The van der Waals surface area contributed by atoms with Crippen molar-refractivity contribution in [2.24, 2.45) is 5.73 Å². The number of rotatable bonds is 3. The molecule has 1 atom stereocenters. The number of hydrogen-bond acceptors (Lipinski definition) is 3. The number of alkyl halides is 1. The summed E-state index contributed by atoms with van der Waals surface area (Å²) in [4.78, 5) is 0. The molecule has 1 unspecified atom stereocenters. The van der Waals surface area contributed by atoms with Crippen molar-refractivity contribution >= 4 is 0 Å². The molecule has 1 aromatic rings. The molecule has 4 heteroatoms. The quantitative estimate of drug-likeness (QED) is 0.618. The molecule has 1 rings (SSSR count). The smallest absolute Gasteiger partial charge is 0.157 e. The summed E-state index contributed by atoms with van der Waals surface area (Å²) in [5.41, 5.74) is 5.92. The van der Waals surface area contributed by atoms with Crippen LogP contribution in [0.15, 0.2) is 18.2 Å². The number of halogens is 1.